The van der Waals surface area contributed by atoms with Crippen LogP contribution in [-0.2, 0) is 0 Å². The number of nitrogens with zero attached hydrogens (tertiary/aromatic N) is 2. The zero-order valence-electron chi connectivity index (χ0n) is 16.5. The average molecular weight is 445 g/mol. The first kappa shape index (κ1) is 21.0. The van der Waals surface area contributed by atoms with E-state index in [9.17, 15) is 13.6 Å². The van der Waals surface area contributed by atoms with Gasteiger partial charge >= 0.3 is 0 Å². The van der Waals surface area contributed by atoms with Crippen LogP contribution in [0.1, 0.15) is 34.8 Å². The van der Waals surface area contributed by atoms with E-state index in [0.29, 0.717) is 16.7 Å². The van der Waals surface area contributed by atoms with Gasteiger partial charge in [-0.3, -0.25) is 4.79 Å². The highest BCUT2D eigenvalue weighted by atomic mass is 35.5. The number of hydrogen-bond donors (Lipinski definition) is 2. The fourth-order valence-corrected chi connectivity index (χ4v) is 3.65. The maximum Gasteiger partial charge on any atom is 0.274 e. The molecule has 3 aromatic rings. The molecule has 0 saturated heterocycles. The largest absolute Gasteiger partial charge is 0.494 e. The third kappa shape index (κ3) is 4.91. The van der Waals surface area contributed by atoms with Crippen molar-refractivity contribution in [3.63, 3.8) is 0 Å². The van der Waals surface area contributed by atoms with Crippen molar-refractivity contribution in [3.05, 3.63) is 76.7 Å². The smallest absolute Gasteiger partial charge is 0.274 e. The minimum atomic E-state index is -0.964. The van der Waals surface area contributed by atoms with Crippen LogP contribution in [0.25, 0.3) is 0 Å². The summed E-state index contributed by atoms with van der Waals surface area (Å²) >= 11 is 5.93. The van der Waals surface area contributed by atoms with Gasteiger partial charge in [0.2, 0.25) is 11.9 Å². The molecule has 0 bridgehead atoms. The molecule has 0 spiro atoms. The fraction of sp³-hybridized carbons (Fsp3) is 0.227. The quantitative estimate of drug-likeness (QED) is 0.532. The molecule has 1 saturated carbocycles. The molecule has 0 aliphatic heterocycles. The van der Waals surface area contributed by atoms with Crippen LogP contribution in [0.4, 0.5) is 20.3 Å². The van der Waals surface area contributed by atoms with Crippen LogP contribution in [0.2, 0.25) is 5.02 Å². The number of rotatable bonds is 6. The number of aromatic nitrogens is 2. The lowest BCUT2D eigenvalue weighted by Crippen LogP contribution is -2.43. The van der Waals surface area contributed by atoms with Gasteiger partial charge in [-0.1, -0.05) is 23.7 Å². The molecule has 6 nitrogen and oxygen atoms in total. The average Bonchev–Trinajstić information content (AvgIpc) is 2.70. The molecule has 2 aromatic heterocycles. The number of halogens is 3. The molecule has 1 amide bonds. The van der Waals surface area contributed by atoms with Gasteiger partial charge in [-0.15, -0.1) is 0 Å². The van der Waals surface area contributed by atoms with Crippen molar-refractivity contribution >= 4 is 29.0 Å². The number of benzene rings is 1. The number of anilines is 2. The Hall–Kier alpha value is -3.26. The number of methoxy groups -OCH3 is 1. The van der Waals surface area contributed by atoms with Gasteiger partial charge in [0.05, 0.1) is 7.11 Å². The molecule has 0 unspecified atom stereocenters. The number of hydrogen-bond acceptors (Lipinski definition) is 5. The Kier molecular flexibility index (Phi) is 5.99. The summed E-state index contributed by atoms with van der Waals surface area (Å²) in [5.74, 6) is -1.41. The summed E-state index contributed by atoms with van der Waals surface area (Å²) in [4.78, 5) is 20.1. The van der Waals surface area contributed by atoms with Crippen molar-refractivity contribution in [1.29, 1.82) is 0 Å². The topological polar surface area (TPSA) is 76.1 Å². The minimum Gasteiger partial charge on any atom is -0.494 e. The van der Waals surface area contributed by atoms with Crippen molar-refractivity contribution in [1.82, 2.24) is 15.3 Å². The van der Waals surface area contributed by atoms with Gasteiger partial charge in [0, 0.05) is 28.9 Å². The Labute approximate surface area is 182 Å². The third-order valence-electron chi connectivity index (χ3n) is 5.14. The molecule has 0 radical (unpaired) electrons. The van der Waals surface area contributed by atoms with Crippen molar-refractivity contribution in [2.24, 2.45) is 0 Å². The van der Waals surface area contributed by atoms with E-state index >= 15 is 0 Å². The number of carbonyl (C=O) groups excluding carboxylic acids is 1. The van der Waals surface area contributed by atoms with E-state index in [-0.39, 0.29) is 29.1 Å². The molecule has 160 valence electrons. The maximum absolute atomic E-state index is 13.3. The van der Waals surface area contributed by atoms with Crippen molar-refractivity contribution in [2.45, 2.75) is 24.8 Å². The summed E-state index contributed by atoms with van der Waals surface area (Å²) in [5.41, 5.74) is 1.39. The highest BCUT2D eigenvalue weighted by molar-refractivity contribution is 6.30. The highest BCUT2D eigenvalue weighted by Crippen LogP contribution is 2.37. The zero-order valence-corrected chi connectivity index (χ0v) is 17.3. The van der Waals surface area contributed by atoms with E-state index in [2.05, 4.69) is 20.6 Å². The van der Waals surface area contributed by atoms with Gasteiger partial charge in [-0.25, -0.2) is 4.98 Å². The fourth-order valence-electron chi connectivity index (χ4n) is 3.52. The van der Waals surface area contributed by atoms with Crippen molar-refractivity contribution < 1.29 is 18.3 Å². The molecule has 2 N–H and O–H groups in total. The van der Waals surface area contributed by atoms with Gasteiger partial charge in [0.1, 0.15) is 11.6 Å². The summed E-state index contributed by atoms with van der Waals surface area (Å²) in [6, 6.07) is 12.9. The van der Waals surface area contributed by atoms with E-state index in [1.165, 1.54) is 12.7 Å². The van der Waals surface area contributed by atoms with Crippen LogP contribution >= 0.6 is 11.6 Å². The van der Waals surface area contributed by atoms with Gasteiger partial charge < -0.3 is 15.4 Å². The first-order chi connectivity index (χ1) is 14.9. The van der Waals surface area contributed by atoms with Crippen LogP contribution in [0, 0.1) is 11.9 Å². The van der Waals surface area contributed by atoms with E-state index in [1.54, 1.807) is 12.1 Å². The molecule has 2 heterocycles. The van der Waals surface area contributed by atoms with Crippen molar-refractivity contribution in [2.75, 3.05) is 12.4 Å². The van der Waals surface area contributed by atoms with Crippen LogP contribution in [-0.4, -0.2) is 29.0 Å². The second-order valence-corrected chi connectivity index (χ2v) is 7.70. The van der Waals surface area contributed by atoms with E-state index in [4.69, 9.17) is 16.3 Å². The van der Waals surface area contributed by atoms with E-state index in [0.717, 1.165) is 25.0 Å². The van der Waals surface area contributed by atoms with E-state index < -0.39 is 11.9 Å². The van der Waals surface area contributed by atoms with Gasteiger partial charge in [0.25, 0.3) is 5.91 Å². The Bertz CT molecular complexity index is 1080. The molecule has 1 fully saturated rings. The maximum atomic E-state index is 13.3. The van der Waals surface area contributed by atoms with E-state index in [1.807, 2.05) is 24.3 Å². The predicted molar refractivity (Wildman–Crippen MR) is 113 cm³/mol. The summed E-state index contributed by atoms with van der Waals surface area (Å²) < 4.78 is 31.9. The number of amides is 1. The third-order valence-corrected chi connectivity index (χ3v) is 5.40. The summed E-state index contributed by atoms with van der Waals surface area (Å²) in [5, 5.41) is 6.42. The standard InChI is InChI=1S/C22H19ClF2N4O2/c1-31-17-6-7-20(26-16-10-18(24)28-19(25)11-16)29-21(17)22(30)27-15-8-13(9-15)12-2-4-14(23)5-3-12/h2-7,10-11,13,15H,8-9H2,1H3,(H,27,30)(H,26,28,29). The van der Waals surface area contributed by atoms with Crippen LogP contribution in [0.3, 0.4) is 0 Å². The lowest BCUT2D eigenvalue weighted by molar-refractivity contribution is 0.0900. The summed E-state index contributed by atoms with van der Waals surface area (Å²) in [7, 11) is 1.44. The second-order valence-electron chi connectivity index (χ2n) is 7.26. The first-order valence-electron chi connectivity index (χ1n) is 9.62. The van der Waals surface area contributed by atoms with Gasteiger partial charge in [-0.2, -0.15) is 13.8 Å². The molecule has 9 heteroatoms. The second kappa shape index (κ2) is 8.85. The van der Waals surface area contributed by atoms with Crippen LogP contribution in [0.15, 0.2) is 48.5 Å². The number of nitrogens with one attached hydrogen (secondary N) is 2. The van der Waals surface area contributed by atoms with Gasteiger partial charge in [0.15, 0.2) is 5.69 Å². The molecule has 4 rings (SSSR count). The Morgan fingerprint density at radius 2 is 1.74 bits per heavy atom. The number of pyridine rings is 2. The van der Waals surface area contributed by atoms with Crippen molar-refractivity contribution in [3.8, 4) is 5.75 Å². The number of carbonyl (C=O) groups is 1. The Balaban J connectivity index is 1.43. The molecule has 1 aliphatic rings. The Morgan fingerprint density at radius 3 is 2.39 bits per heavy atom. The summed E-state index contributed by atoms with van der Waals surface area (Å²) in [6.07, 6.45) is 1.62. The molecule has 1 aromatic carbocycles. The summed E-state index contributed by atoms with van der Waals surface area (Å²) in [6.45, 7) is 0. The molecule has 31 heavy (non-hydrogen) atoms. The molecular formula is C22H19ClF2N4O2. The normalized spacial score (nSPS) is 17.5. The Morgan fingerprint density at radius 1 is 1.06 bits per heavy atom. The first-order valence-corrected chi connectivity index (χ1v) is 10.0. The minimum absolute atomic E-state index is 0.0136. The monoisotopic (exact) mass is 444 g/mol. The SMILES string of the molecule is COc1ccc(Nc2cc(F)nc(F)c2)nc1C(=O)NC1CC(c2ccc(Cl)cc2)C1. The number of ether oxygens (including phenoxy) is 1. The highest BCUT2D eigenvalue weighted by Gasteiger charge is 2.32. The molecular weight excluding hydrogens is 426 g/mol. The lowest BCUT2D eigenvalue weighted by atomic mass is 9.76. The van der Waals surface area contributed by atoms with Gasteiger partial charge in [-0.05, 0) is 48.6 Å². The lowest BCUT2D eigenvalue weighted by Gasteiger charge is -2.36. The molecule has 1 aliphatic carbocycles. The zero-order chi connectivity index (χ0) is 22.0. The van der Waals surface area contributed by atoms with Crippen LogP contribution in [0.5, 0.6) is 5.75 Å². The predicted octanol–water partition coefficient (Wildman–Crippen LogP) is 4.84. The van der Waals surface area contributed by atoms with Crippen LogP contribution < -0.4 is 15.4 Å². The molecule has 0 atom stereocenters.